The molecule has 23 heavy (non-hydrogen) atoms. The van der Waals surface area contributed by atoms with Gasteiger partial charge in [0.1, 0.15) is 0 Å². The zero-order valence-corrected chi connectivity index (χ0v) is 14.2. The molecule has 0 aliphatic carbocycles. The second-order valence-corrected chi connectivity index (χ2v) is 5.48. The molecule has 0 aromatic heterocycles. The summed E-state index contributed by atoms with van der Waals surface area (Å²) in [4.78, 5) is 34.2. The maximum Gasteiger partial charge on any atom is 1.00 e. The molecule has 0 saturated heterocycles. The van der Waals surface area contributed by atoms with Crippen LogP contribution in [0, 0.1) is 35.0 Å². The molecule has 0 bridgehead atoms. The molecule has 8 heteroatoms. The second-order valence-electron chi connectivity index (χ2n) is 5.48. The number of carbonyl (C=O) groups is 3. The van der Waals surface area contributed by atoms with Crippen LogP contribution in [0.1, 0.15) is 39.5 Å². The van der Waals surface area contributed by atoms with Gasteiger partial charge in [-0.1, -0.05) is 13.8 Å². The number of carbonyl (C=O) groups excluding carboxylic acids is 3. The van der Waals surface area contributed by atoms with Crippen molar-refractivity contribution in [2.75, 3.05) is 7.11 Å². The quantitative estimate of drug-likeness (QED) is 0.337. The largest absolute Gasteiger partial charge is 1.00 e. The van der Waals surface area contributed by atoms with Gasteiger partial charge in [0.05, 0.1) is 19.1 Å². The Bertz CT molecular complexity index is 450. The summed E-state index contributed by atoms with van der Waals surface area (Å²) in [5.41, 5.74) is 5.35. The van der Waals surface area contributed by atoms with Crippen molar-refractivity contribution in [1.29, 1.82) is 5.26 Å². The number of hydrogen-bond donors (Lipinski definition) is 1. The van der Waals surface area contributed by atoms with Gasteiger partial charge >= 0.3 is 24.8 Å². The number of esters is 1. The maximum atomic E-state index is 11.8. The average molecular weight is 318 g/mol. The van der Waals surface area contributed by atoms with Gasteiger partial charge in [-0.3, -0.25) is 9.59 Å². The van der Waals surface area contributed by atoms with E-state index in [2.05, 4.69) is 10.8 Å². The number of carboxylic acids is 1. The predicted octanol–water partition coefficient (Wildman–Crippen LogP) is -3.01. The maximum absolute atomic E-state index is 11.8. The number of carboxylic acid groups (broad SMARTS) is 1. The van der Waals surface area contributed by atoms with E-state index in [1.807, 2.05) is 6.92 Å². The number of ether oxygens (including phenoxy) is 1. The summed E-state index contributed by atoms with van der Waals surface area (Å²) in [5.74, 6) is -5.11. The fourth-order valence-corrected chi connectivity index (χ4v) is 2.30. The number of primary amides is 1. The number of amides is 1. The topological polar surface area (TPSA) is 133 Å². The zero-order valence-electron chi connectivity index (χ0n) is 14.2. The van der Waals surface area contributed by atoms with Crippen LogP contribution in [-0.2, 0) is 19.1 Å². The summed E-state index contributed by atoms with van der Waals surface area (Å²) in [7, 11) is 1.20. The van der Waals surface area contributed by atoms with Crippen LogP contribution >= 0.6 is 0 Å². The van der Waals surface area contributed by atoms with Crippen LogP contribution in [-0.4, -0.2) is 25.0 Å². The molecule has 2 N–H and O–H groups in total. The smallest absolute Gasteiger partial charge is 0.550 e. The number of hydrogen-bond acceptors (Lipinski definition) is 6. The normalized spacial score (nSPS) is 15.2. The number of nitriles is 1. The zero-order chi connectivity index (χ0) is 17.3. The van der Waals surface area contributed by atoms with Crippen LogP contribution in [0.2, 0.25) is 0 Å². The monoisotopic (exact) mass is 318 g/mol. The summed E-state index contributed by atoms with van der Waals surface area (Å²) in [6, 6.07) is 2.08. The van der Waals surface area contributed by atoms with E-state index in [1.54, 1.807) is 0 Å². The molecule has 0 aromatic rings. The Hall–Kier alpha value is -1.50. The van der Waals surface area contributed by atoms with Crippen molar-refractivity contribution in [3.8, 4) is 6.07 Å². The predicted molar refractivity (Wildman–Crippen MR) is 75.6 cm³/mol. The molecule has 7 nitrogen and oxygen atoms in total. The Morgan fingerprint density at radius 2 is 1.78 bits per heavy atom. The van der Waals surface area contributed by atoms with Crippen LogP contribution in [0.5, 0.6) is 0 Å². The minimum absolute atomic E-state index is 0. The van der Waals surface area contributed by atoms with E-state index in [4.69, 9.17) is 11.0 Å². The van der Waals surface area contributed by atoms with Gasteiger partial charge in [0.15, 0.2) is 0 Å². The van der Waals surface area contributed by atoms with Gasteiger partial charge < -0.3 is 20.4 Å². The second kappa shape index (κ2) is 12.0. The van der Waals surface area contributed by atoms with Gasteiger partial charge in [-0.15, -0.1) is 0 Å². The van der Waals surface area contributed by atoms with Crippen molar-refractivity contribution < 1.29 is 43.1 Å². The molecular weight excluding hydrogens is 295 g/mol. The van der Waals surface area contributed by atoms with E-state index in [-0.39, 0.29) is 44.0 Å². The van der Waals surface area contributed by atoms with Crippen LogP contribution in [0.25, 0.3) is 0 Å². The molecule has 1 amide bonds. The molecule has 4 atom stereocenters. The van der Waals surface area contributed by atoms with Crippen molar-refractivity contribution in [2.45, 2.75) is 39.5 Å². The number of rotatable bonds is 10. The fourth-order valence-electron chi connectivity index (χ4n) is 2.30. The van der Waals surface area contributed by atoms with Gasteiger partial charge in [-0.05, 0) is 31.6 Å². The molecule has 124 valence electrons. The molecule has 0 aliphatic heterocycles. The molecule has 0 heterocycles. The first-order chi connectivity index (χ1) is 10.3. The molecule has 0 fully saturated rings. The minimum atomic E-state index is -1.27. The summed E-state index contributed by atoms with van der Waals surface area (Å²) < 4.78 is 4.66. The van der Waals surface area contributed by atoms with Gasteiger partial charge in [0.2, 0.25) is 5.91 Å². The first-order valence-electron chi connectivity index (χ1n) is 7.24. The van der Waals surface area contributed by atoms with Gasteiger partial charge in [-0.25, -0.2) is 0 Å². The molecule has 4 unspecified atom stereocenters. The van der Waals surface area contributed by atoms with Crippen molar-refractivity contribution in [3.05, 3.63) is 0 Å². The number of methoxy groups -OCH3 is 1. The van der Waals surface area contributed by atoms with Gasteiger partial charge in [0.25, 0.3) is 0 Å². The molecule has 0 radical (unpaired) electrons. The Kier molecular flexibility index (Phi) is 12.4. The summed E-state index contributed by atoms with van der Waals surface area (Å²) >= 11 is 0. The Morgan fingerprint density at radius 3 is 2.13 bits per heavy atom. The van der Waals surface area contributed by atoms with Crippen molar-refractivity contribution in [3.63, 3.8) is 0 Å². The summed E-state index contributed by atoms with van der Waals surface area (Å²) in [6.45, 7) is 3.25. The van der Waals surface area contributed by atoms with E-state index < -0.39 is 35.6 Å². The van der Waals surface area contributed by atoms with Crippen LogP contribution < -0.4 is 29.7 Å². The third-order valence-electron chi connectivity index (χ3n) is 3.79. The van der Waals surface area contributed by atoms with Crippen LogP contribution in [0.3, 0.4) is 0 Å². The Labute approximate surface area is 148 Å². The fraction of sp³-hybridized carbons (Fsp3) is 0.733. The number of nitrogens with zero attached hydrogens (tertiary/aromatic N) is 1. The molecule has 0 spiro atoms. The SMILES string of the molecule is CCC(C#N)CC(CC(CC(C)C(=O)[O-])C(=O)OC)C(N)=O.[Li+]. The van der Waals surface area contributed by atoms with E-state index in [0.717, 1.165) is 0 Å². The Balaban J connectivity index is 0. The summed E-state index contributed by atoms with van der Waals surface area (Å²) in [6.07, 6.45) is 0.883. The number of aliphatic carboxylic acids is 1. The molecular formula is C15H23LiN2O5. The third kappa shape index (κ3) is 8.64. The van der Waals surface area contributed by atoms with Crippen LogP contribution in [0.15, 0.2) is 0 Å². The Morgan fingerprint density at radius 1 is 1.22 bits per heavy atom. The average Bonchev–Trinajstić information content (AvgIpc) is 2.48. The first-order valence-corrected chi connectivity index (χ1v) is 7.24. The third-order valence-corrected chi connectivity index (χ3v) is 3.79. The van der Waals surface area contributed by atoms with Crippen molar-refractivity contribution in [1.82, 2.24) is 0 Å². The molecule has 0 rings (SSSR count). The van der Waals surface area contributed by atoms with E-state index in [0.29, 0.717) is 6.42 Å². The number of nitrogens with two attached hydrogens (primary N) is 1. The van der Waals surface area contributed by atoms with E-state index in [9.17, 15) is 19.5 Å². The van der Waals surface area contributed by atoms with Crippen molar-refractivity contribution >= 4 is 17.8 Å². The van der Waals surface area contributed by atoms with Gasteiger partial charge in [0, 0.05) is 17.8 Å². The van der Waals surface area contributed by atoms with Gasteiger partial charge in [-0.2, -0.15) is 5.26 Å². The van der Waals surface area contributed by atoms with E-state index >= 15 is 0 Å². The summed E-state index contributed by atoms with van der Waals surface area (Å²) in [5, 5.41) is 19.8. The standard InChI is InChI=1S/C15H24N2O5.Li/c1-4-10(8-16)6-11(13(17)18)7-12(15(21)22-3)5-9(2)14(19)20;/h9-12H,4-7H2,1-3H3,(H2,17,18)(H,19,20);/q;+1/p-1. The van der Waals surface area contributed by atoms with Crippen molar-refractivity contribution in [2.24, 2.45) is 29.4 Å². The van der Waals surface area contributed by atoms with E-state index in [1.165, 1.54) is 14.0 Å². The molecule has 0 aromatic carbocycles. The first kappa shape index (κ1) is 23.8. The molecule has 0 saturated carbocycles. The molecule has 0 aliphatic rings. The minimum Gasteiger partial charge on any atom is -0.550 e. The van der Waals surface area contributed by atoms with Crippen LogP contribution in [0.4, 0.5) is 0 Å².